The van der Waals surface area contributed by atoms with Gasteiger partial charge < -0.3 is 10.6 Å². The lowest BCUT2D eigenvalue weighted by molar-refractivity contribution is 0.151. The molecular formula is C13H27N3S. The molecule has 2 aliphatic heterocycles. The third kappa shape index (κ3) is 3.85. The molecule has 0 spiro atoms. The zero-order chi connectivity index (χ0) is 12.3. The van der Waals surface area contributed by atoms with Gasteiger partial charge in [-0.25, -0.2) is 0 Å². The Kier molecular flexibility index (Phi) is 5.15. The number of hydrogen-bond acceptors (Lipinski definition) is 4. The van der Waals surface area contributed by atoms with Gasteiger partial charge in [0.1, 0.15) is 0 Å². The fourth-order valence-electron chi connectivity index (χ4n) is 2.76. The van der Waals surface area contributed by atoms with E-state index in [-0.39, 0.29) is 0 Å². The summed E-state index contributed by atoms with van der Waals surface area (Å²) in [5, 5.41) is 0.790. The Morgan fingerprint density at radius 3 is 2.53 bits per heavy atom. The Labute approximate surface area is 110 Å². The van der Waals surface area contributed by atoms with Gasteiger partial charge in [-0.1, -0.05) is 6.92 Å². The van der Waals surface area contributed by atoms with E-state index >= 15 is 0 Å². The van der Waals surface area contributed by atoms with E-state index in [2.05, 4.69) is 35.4 Å². The van der Waals surface area contributed by atoms with E-state index in [9.17, 15) is 0 Å². The van der Waals surface area contributed by atoms with Gasteiger partial charge in [0.2, 0.25) is 0 Å². The molecule has 0 radical (unpaired) electrons. The molecule has 2 rings (SSSR count). The first-order valence-corrected chi connectivity index (χ1v) is 8.05. The monoisotopic (exact) mass is 257 g/mol. The second-order valence-electron chi connectivity index (χ2n) is 5.53. The van der Waals surface area contributed by atoms with E-state index in [4.69, 9.17) is 5.73 Å². The van der Waals surface area contributed by atoms with Crippen molar-refractivity contribution in [3.63, 3.8) is 0 Å². The van der Waals surface area contributed by atoms with Crippen molar-refractivity contribution in [3.8, 4) is 0 Å². The molecule has 2 aliphatic rings. The van der Waals surface area contributed by atoms with Gasteiger partial charge in [-0.2, -0.15) is 11.8 Å². The van der Waals surface area contributed by atoms with Gasteiger partial charge in [-0.15, -0.1) is 0 Å². The van der Waals surface area contributed by atoms with Crippen LogP contribution in [0.1, 0.15) is 26.7 Å². The van der Waals surface area contributed by atoms with E-state index < -0.39 is 0 Å². The van der Waals surface area contributed by atoms with Gasteiger partial charge in [0.15, 0.2) is 0 Å². The van der Waals surface area contributed by atoms with Gasteiger partial charge in [-0.3, -0.25) is 4.90 Å². The van der Waals surface area contributed by atoms with Gasteiger partial charge >= 0.3 is 0 Å². The average Bonchev–Trinajstić information content (AvgIpc) is 2.33. The predicted octanol–water partition coefficient (Wildman–Crippen LogP) is 1.24. The van der Waals surface area contributed by atoms with Crippen LogP contribution in [-0.2, 0) is 0 Å². The molecule has 0 aromatic rings. The molecule has 0 bridgehead atoms. The van der Waals surface area contributed by atoms with Crippen molar-refractivity contribution < 1.29 is 0 Å². The molecule has 0 aromatic heterocycles. The highest BCUT2D eigenvalue weighted by molar-refractivity contribution is 8.00. The van der Waals surface area contributed by atoms with E-state index in [1.54, 1.807) is 0 Å². The molecular weight excluding hydrogens is 230 g/mol. The van der Waals surface area contributed by atoms with Crippen LogP contribution in [0.15, 0.2) is 0 Å². The van der Waals surface area contributed by atoms with Gasteiger partial charge in [0, 0.05) is 42.7 Å². The lowest BCUT2D eigenvalue weighted by Gasteiger charge is -2.39. The summed E-state index contributed by atoms with van der Waals surface area (Å²) in [5.41, 5.74) is 5.94. The smallest absolute Gasteiger partial charge is 0.0184 e. The molecule has 2 fully saturated rings. The molecule has 0 amide bonds. The first-order chi connectivity index (χ1) is 8.16. The van der Waals surface area contributed by atoms with Crippen molar-refractivity contribution in [2.45, 2.75) is 44.0 Å². The normalized spacial score (nSPS) is 34.1. The third-order valence-electron chi connectivity index (χ3n) is 4.35. The van der Waals surface area contributed by atoms with Crippen LogP contribution in [0.4, 0.5) is 0 Å². The van der Waals surface area contributed by atoms with Crippen LogP contribution >= 0.6 is 11.8 Å². The van der Waals surface area contributed by atoms with Crippen LogP contribution < -0.4 is 5.73 Å². The minimum absolute atomic E-state index is 0.455. The molecule has 2 N–H and O–H groups in total. The molecule has 2 atom stereocenters. The number of nitrogens with two attached hydrogens (primary N) is 1. The molecule has 2 saturated heterocycles. The van der Waals surface area contributed by atoms with Gasteiger partial charge in [-0.05, 0) is 32.9 Å². The number of rotatable bonds is 3. The standard InChI is InChI=1S/C13H27N3S/c1-11-12(2)17-10-9-16(11)8-7-15-5-3-13(14)4-6-15/h11-13H,3-10,14H2,1-2H3. The molecule has 100 valence electrons. The van der Waals surface area contributed by atoms with Crippen LogP contribution in [0, 0.1) is 0 Å². The van der Waals surface area contributed by atoms with Crippen molar-refractivity contribution in [1.29, 1.82) is 0 Å². The van der Waals surface area contributed by atoms with Crippen LogP contribution in [0.5, 0.6) is 0 Å². The summed E-state index contributed by atoms with van der Waals surface area (Å²) in [4.78, 5) is 5.25. The Morgan fingerprint density at radius 2 is 1.82 bits per heavy atom. The largest absolute Gasteiger partial charge is 0.328 e. The SMILES string of the molecule is CC1SCCN(CCN2CCC(N)CC2)C1C. The van der Waals surface area contributed by atoms with Gasteiger partial charge in [0.05, 0.1) is 0 Å². The summed E-state index contributed by atoms with van der Waals surface area (Å²) in [5.74, 6) is 1.30. The molecule has 0 saturated carbocycles. The zero-order valence-corrected chi connectivity index (χ0v) is 12.1. The van der Waals surface area contributed by atoms with Crippen molar-refractivity contribution in [3.05, 3.63) is 0 Å². The Hall–Kier alpha value is 0.230. The molecule has 0 aliphatic carbocycles. The zero-order valence-electron chi connectivity index (χ0n) is 11.3. The molecule has 4 heteroatoms. The second-order valence-corrected chi connectivity index (χ2v) is 7.02. The lowest BCUT2D eigenvalue weighted by Crippen LogP contribution is -2.49. The van der Waals surface area contributed by atoms with Crippen molar-refractivity contribution in [2.75, 3.05) is 38.5 Å². The summed E-state index contributed by atoms with van der Waals surface area (Å²) >= 11 is 2.12. The van der Waals surface area contributed by atoms with E-state index in [0.717, 1.165) is 11.3 Å². The van der Waals surface area contributed by atoms with Crippen molar-refractivity contribution in [1.82, 2.24) is 9.80 Å². The molecule has 3 nitrogen and oxygen atoms in total. The summed E-state index contributed by atoms with van der Waals surface area (Å²) in [6.45, 7) is 10.9. The van der Waals surface area contributed by atoms with E-state index in [1.165, 1.54) is 51.3 Å². The first-order valence-electron chi connectivity index (χ1n) is 7.00. The molecule has 17 heavy (non-hydrogen) atoms. The number of nitrogens with zero attached hydrogens (tertiary/aromatic N) is 2. The molecule has 2 heterocycles. The summed E-state index contributed by atoms with van der Waals surface area (Å²) in [6.07, 6.45) is 2.36. The Morgan fingerprint density at radius 1 is 1.12 bits per heavy atom. The predicted molar refractivity (Wildman–Crippen MR) is 76.6 cm³/mol. The number of hydrogen-bond donors (Lipinski definition) is 1. The highest BCUT2D eigenvalue weighted by Gasteiger charge is 2.25. The van der Waals surface area contributed by atoms with Crippen molar-refractivity contribution in [2.24, 2.45) is 5.73 Å². The highest BCUT2D eigenvalue weighted by atomic mass is 32.2. The molecule has 0 aromatic carbocycles. The van der Waals surface area contributed by atoms with E-state index in [1.807, 2.05) is 0 Å². The number of likely N-dealkylation sites (tertiary alicyclic amines) is 1. The number of thioether (sulfide) groups is 1. The average molecular weight is 257 g/mol. The van der Waals surface area contributed by atoms with Gasteiger partial charge in [0.25, 0.3) is 0 Å². The lowest BCUT2D eigenvalue weighted by atomic mass is 10.1. The minimum atomic E-state index is 0.455. The maximum atomic E-state index is 5.94. The van der Waals surface area contributed by atoms with Crippen LogP contribution in [0.25, 0.3) is 0 Å². The maximum absolute atomic E-state index is 5.94. The summed E-state index contributed by atoms with van der Waals surface area (Å²) in [7, 11) is 0. The topological polar surface area (TPSA) is 32.5 Å². The Balaban J connectivity index is 1.70. The van der Waals surface area contributed by atoms with E-state index in [0.29, 0.717) is 6.04 Å². The van der Waals surface area contributed by atoms with Crippen LogP contribution in [-0.4, -0.2) is 65.6 Å². The van der Waals surface area contributed by atoms with Crippen LogP contribution in [0.2, 0.25) is 0 Å². The first kappa shape index (κ1) is 13.7. The van der Waals surface area contributed by atoms with Crippen molar-refractivity contribution >= 4 is 11.8 Å². The quantitative estimate of drug-likeness (QED) is 0.824. The highest BCUT2D eigenvalue weighted by Crippen LogP contribution is 2.23. The summed E-state index contributed by atoms with van der Waals surface area (Å²) < 4.78 is 0. The maximum Gasteiger partial charge on any atom is 0.0184 e. The second kappa shape index (κ2) is 6.41. The fourth-order valence-corrected chi connectivity index (χ4v) is 3.92. The Bertz CT molecular complexity index is 229. The fraction of sp³-hybridized carbons (Fsp3) is 1.00. The molecule has 2 unspecified atom stereocenters. The number of piperidine rings is 1. The minimum Gasteiger partial charge on any atom is -0.328 e. The van der Waals surface area contributed by atoms with Crippen LogP contribution in [0.3, 0.4) is 0 Å². The summed E-state index contributed by atoms with van der Waals surface area (Å²) in [6, 6.07) is 1.19. The third-order valence-corrected chi connectivity index (χ3v) is 5.69.